The molecule has 2 aromatic carbocycles. The molecule has 5 rings (SSSR count). The molecule has 0 saturated carbocycles. The summed E-state index contributed by atoms with van der Waals surface area (Å²) in [4.78, 5) is 13.8. The SMILES string of the molecule is COCC#Cc1cc(Nc2ccc(-n3cnc(C)n3)c(OC)c2)c2nc(-c3ccc(F)cc3)n(C)c2n1. The molecule has 10 heteroatoms. The average Bonchev–Trinajstić information content (AvgIpc) is 3.48. The molecule has 186 valence electrons. The van der Waals surface area contributed by atoms with E-state index >= 15 is 0 Å². The first-order valence-electron chi connectivity index (χ1n) is 11.4. The number of fused-ring (bicyclic) bond motifs is 1. The van der Waals surface area contributed by atoms with Crippen LogP contribution < -0.4 is 10.1 Å². The van der Waals surface area contributed by atoms with Gasteiger partial charge < -0.3 is 19.4 Å². The van der Waals surface area contributed by atoms with E-state index in [-0.39, 0.29) is 12.4 Å². The van der Waals surface area contributed by atoms with Crippen LogP contribution in [0.2, 0.25) is 0 Å². The molecule has 1 N–H and O–H groups in total. The van der Waals surface area contributed by atoms with E-state index in [1.165, 1.54) is 12.1 Å². The lowest BCUT2D eigenvalue weighted by molar-refractivity contribution is 0.240. The Hall–Kier alpha value is -4.75. The molecule has 0 saturated heterocycles. The second kappa shape index (κ2) is 10.1. The summed E-state index contributed by atoms with van der Waals surface area (Å²) >= 11 is 0. The first-order valence-corrected chi connectivity index (χ1v) is 11.4. The highest BCUT2D eigenvalue weighted by atomic mass is 19.1. The highest BCUT2D eigenvalue weighted by molar-refractivity contribution is 5.91. The molecule has 9 nitrogen and oxygen atoms in total. The largest absolute Gasteiger partial charge is 0.494 e. The number of halogens is 1. The number of hydrogen-bond acceptors (Lipinski definition) is 7. The van der Waals surface area contributed by atoms with Crippen molar-refractivity contribution in [1.82, 2.24) is 29.3 Å². The van der Waals surface area contributed by atoms with Gasteiger partial charge in [0.15, 0.2) is 5.65 Å². The summed E-state index contributed by atoms with van der Waals surface area (Å²) in [6, 6.07) is 13.7. The molecule has 3 aromatic heterocycles. The molecule has 0 aliphatic carbocycles. The summed E-state index contributed by atoms with van der Waals surface area (Å²) in [7, 11) is 5.06. The van der Waals surface area contributed by atoms with Gasteiger partial charge in [0.05, 0.1) is 12.8 Å². The van der Waals surface area contributed by atoms with E-state index in [0.717, 1.165) is 16.9 Å². The Balaban J connectivity index is 1.60. The Kier molecular flexibility index (Phi) is 6.53. The number of imidazole rings is 1. The monoisotopic (exact) mass is 497 g/mol. The Morgan fingerprint density at radius 2 is 1.86 bits per heavy atom. The summed E-state index contributed by atoms with van der Waals surface area (Å²) in [5, 5.41) is 7.81. The van der Waals surface area contributed by atoms with E-state index in [1.807, 2.05) is 42.8 Å². The van der Waals surface area contributed by atoms with Crippen molar-refractivity contribution < 1.29 is 13.9 Å². The van der Waals surface area contributed by atoms with Gasteiger partial charge >= 0.3 is 0 Å². The molecular weight excluding hydrogens is 473 g/mol. The van der Waals surface area contributed by atoms with Gasteiger partial charge in [-0.1, -0.05) is 5.92 Å². The maximum Gasteiger partial charge on any atom is 0.163 e. The number of hydrogen-bond donors (Lipinski definition) is 1. The molecule has 0 bridgehead atoms. The molecule has 0 amide bonds. The van der Waals surface area contributed by atoms with Crippen molar-refractivity contribution in [2.75, 3.05) is 26.1 Å². The lowest BCUT2D eigenvalue weighted by atomic mass is 10.2. The summed E-state index contributed by atoms with van der Waals surface area (Å²) in [6.07, 6.45) is 1.64. The van der Waals surface area contributed by atoms with Gasteiger partial charge in [-0.3, -0.25) is 0 Å². The molecule has 3 heterocycles. The molecule has 0 spiro atoms. The van der Waals surface area contributed by atoms with Crippen LogP contribution in [-0.4, -0.2) is 50.1 Å². The number of aromatic nitrogens is 6. The fourth-order valence-corrected chi connectivity index (χ4v) is 3.93. The number of nitrogens with one attached hydrogen (secondary N) is 1. The van der Waals surface area contributed by atoms with Crippen LogP contribution in [0.25, 0.3) is 28.2 Å². The third-order valence-corrected chi connectivity index (χ3v) is 5.67. The van der Waals surface area contributed by atoms with Crippen molar-refractivity contribution >= 4 is 22.5 Å². The van der Waals surface area contributed by atoms with Gasteiger partial charge in [-0.15, -0.1) is 0 Å². The quantitative estimate of drug-likeness (QED) is 0.347. The van der Waals surface area contributed by atoms with Crippen LogP contribution in [0.3, 0.4) is 0 Å². The first kappa shape index (κ1) is 24.0. The molecule has 0 aliphatic heterocycles. The van der Waals surface area contributed by atoms with Crippen LogP contribution in [0.1, 0.15) is 11.5 Å². The van der Waals surface area contributed by atoms with Gasteiger partial charge in [0.1, 0.15) is 53.0 Å². The molecular formula is C27H24FN7O2. The summed E-state index contributed by atoms with van der Waals surface area (Å²) in [5.41, 5.74) is 4.85. The smallest absolute Gasteiger partial charge is 0.163 e. The second-order valence-corrected chi connectivity index (χ2v) is 8.21. The normalized spacial score (nSPS) is 10.8. The van der Waals surface area contributed by atoms with Crippen LogP contribution in [0, 0.1) is 24.6 Å². The van der Waals surface area contributed by atoms with Crippen LogP contribution >= 0.6 is 0 Å². The predicted molar refractivity (Wildman–Crippen MR) is 139 cm³/mol. The van der Waals surface area contributed by atoms with Crippen molar-refractivity contribution in [3.63, 3.8) is 0 Å². The number of ether oxygens (including phenoxy) is 2. The van der Waals surface area contributed by atoms with Crippen LogP contribution in [0.5, 0.6) is 5.75 Å². The predicted octanol–water partition coefficient (Wildman–Crippen LogP) is 4.41. The van der Waals surface area contributed by atoms with E-state index in [1.54, 1.807) is 37.4 Å². The maximum atomic E-state index is 13.5. The van der Waals surface area contributed by atoms with Gasteiger partial charge in [-0.2, -0.15) is 5.10 Å². The highest BCUT2D eigenvalue weighted by Crippen LogP contribution is 2.32. The summed E-state index contributed by atoms with van der Waals surface area (Å²) in [5.74, 6) is 7.62. The number of rotatable bonds is 6. The highest BCUT2D eigenvalue weighted by Gasteiger charge is 2.17. The van der Waals surface area contributed by atoms with E-state index in [2.05, 4.69) is 27.2 Å². The van der Waals surface area contributed by atoms with Crippen molar-refractivity contribution in [3.8, 4) is 34.7 Å². The zero-order valence-electron chi connectivity index (χ0n) is 20.8. The molecule has 0 radical (unpaired) electrons. The van der Waals surface area contributed by atoms with Crippen molar-refractivity contribution in [3.05, 3.63) is 72.2 Å². The van der Waals surface area contributed by atoms with Crippen LogP contribution in [-0.2, 0) is 11.8 Å². The van der Waals surface area contributed by atoms with Crippen molar-refractivity contribution in [2.45, 2.75) is 6.92 Å². The van der Waals surface area contributed by atoms with Gasteiger partial charge in [-0.25, -0.2) is 24.0 Å². The molecule has 0 fully saturated rings. The second-order valence-electron chi connectivity index (χ2n) is 8.21. The lowest BCUT2D eigenvalue weighted by Crippen LogP contribution is -2.01. The summed E-state index contributed by atoms with van der Waals surface area (Å²) < 4.78 is 27.7. The van der Waals surface area contributed by atoms with Crippen molar-refractivity contribution in [2.24, 2.45) is 7.05 Å². The van der Waals surface area contributed by atoms with Gasteiger partial charge in [0.2, 0.25) is 0 Å². The standard InChI is InChI=1S/C27H24FN7O2/c1-17-29-16-35(33-17)23-12-11-21(15-24(23)37-4)30-22-14-20(6-5-13-36-3)31-27-25(22)32-26(34(27)2)18-7-9-19(28)10-8-18/h7-12,14-16H,13H2,1-4H3,(H,30,31). The maximum absolute atomic E-state index is 13.5. The third-order valence-electron chi connectivity index (χ3n) is 5.67. The van der Waals surface area contributed by atoms with E-state index in [0.29, 0.717) is 39.9 Å². The first-order chi connectivity index (χ1) is 18.0. The minimum atomic E-state index is -0.308. The zero-order chi connectivity index (χ0) is 25.9. The number of pyridine rings is 1. The van der Waals surface area contributed by atoms with Crippen molar-refractivity contribution in [1.29, 1.82) is 0 Å². The number of nitrogens with zero attached hydrogens (tertiary/aromatic N) is 6. The Labute approximate surface area is 212 Å². The fourth-order valence-electron chi connectivity index (χ4n) is 3.93. The Bertz CT molecular complexity index is 1650. The van der Waals surface area contributed by atoms with E-state index < -0.39 is 0 Å². The molecule has 0 aliphatic rings. The number of aryl methyl sites for hydroxylation is 2. The Morgan fingerprint density at radius 1 is 1.05 bits per heavy atom. The zero-order valence-corrected chi connectivity index (χ0v) is 20.8. The van der Waals surface area contributed by atoms with Gasteiger partial charge in [0, 0.05) is 31.5 Å². The molecule has 5 aromatic rings. The molecule has 0 unspecified atom stereocenters. The number of benzene rings is 2. The minimum absolute atomic E-state index is 0.287. The number of anilines is 2. The number of methoxy groups -OCH3 is 2. The average molecular weight is 498 g/mol. The van der Waals surface area contributed by atoms with E-state index in [4.69, 9.17) is 19.4 Å². The molecule has 37 heavy (non-hydrogen) atoms. The van der Waals surface area contributed by atoms with Crippen LogP contribution in [0.4, 0.5) is 15.8 Å². The molecule has 0 atom stereocenters. The fraction of sp³-hybridized carbons (Fsp3) is 0.185. The minimum Gasteiger partial charge on any atom is -0.494 e. The van der Waals surface area contributed by atoms with Gasteiger partial charge in [-0.05, 0) is 55.3 Å². The van der Waals surface area contributed by atoms with Gasteiger partial charge in [0.25, 0.3) is 0 Å². The third kappa shape index (κ3) is 4.85. The van der Waals surface area contributed by atoms with Crippen LogP contribution in [0.15, 0.2) is 54.9 Å². The summed E-state index contributed by atoms with van der Waals surface area (Å²) in [6.45, 7) is 2.11. The Morgan fingerprint density at radius 3 is 2.57 bits per heavy atom. The topological polar surface area (TPSA) is 91.9 Å². The van der Waals surface area contributed by atoms with E-state index in [9.17, 15) is 4.39 Å². The lowest BCUT2D eigenvalue weighted by Gasteiger charge is -2.12.